The van der Waals surface area contributed by atoms with Crippen LogP contribution in [0.4, 0.5) is 0 Å². The smallest absolute Gasteiger partial charge is 0.0186 e. The highest BCUT2D eigenvalue weighted by Crippen LogP contribution is 2.38. The maximum absolute atomic E-state index is 2.32. The van der Waals surface area contributed by atoms with E-state index in [1.165, 1.54) is 21.7 Å². The van der Waals surface area contributed by atoms with Gasteiger partial charge in [0.15, 0.2) is 0 Å². The molecule has 2 aromatic rings. The summed E-state index contributed by atoms with van der Waals surface area (Å²) >= 11 is 0. The van der Waals surface area contributed by atoms with Gasteiger partial charge in [0.2, 0.25) is 0 Å². The first-order valence-electron chi connectivity index (χ1n) is 6.50. The van der Waals surface area contributed by atoms with E-state index in [9.17, 15) is 0 Å². The van der Waals surface area contributed by atoms with Crippen LogP contribution in [-0.2, 0) is 0 Å². The lowest BCUT2D eigenvalue weighted by Gasteiger charge is -2.23. The van der Waals surface area contributed by atoms with Gasteiger partial charge in [-0.25, -0.2) is 0 Å². The van der Waals surface area contributed by atoms with E-state index in [4.69, 9.17) is 0 Å². The van der Waals surface area contributed by atoms with Crippen LogP contribution in [0.1, 0.15) is 25.0 Å². The number of aryl methyl sites for hydroxylation is 2. The lowest BCUT2D eigenvalue weighted by atomic mass is 10.2. The van der Waals surface area contributed by atoms with E-state index in [0.29, 0.717) is 5.66 Å². The van der Waals surface area contributed by atoms with E-state index in [2.05, 4.69) is 76.2 Å². The maximum atomic E-state index is 2.32. The third kappa shape index (κ3) is 3.00. The number of rotatable bonds is 3. The molecule has 2 rings (SSSR count). The molecule has 0 nitrogen and oxygen atoms in total. The minimum Gasteiger partial charge on any atom is -0.0587 e. The molecule has 0 atom stereocenters. The molecule has 0 saturated carbocycles. The molecular weight excluding hydrogens is 235 g/mol. The molecule has 0 aliphatic heterocycles. The number of benzene rings is 2. The molecule has 0 spiro atoms. The van der Waals surface area contributed by atoms with Crippen molar-refractivity contribution < 1.29 is 0 Å². The lowest BCUT2D eigenvalue weighted by Crippen LogP contribution is -2.17. The van der Waals surface area contributed by atoms with Crippen LogP contribution in [0, 0.1) is 13.8 Å². The van der Waals surface area contributed by atoms with Crippen LogP contribution in [0.15, 0.2) is 48.5 Å². The average molecular weight is 256 g/mol. The average Bonchev–Trinajstić information content (AvgIpc) is 2.34. The fraction of sp³-hybridized carbons (Fsp3) is 0.294. The minimum atomic E-state index is -0.235. The van der Waals surface area contributed by atoms with E-state index in [0.717, 1.165) is 0 Å². The lowest BCUT2D eigenvalue weighted by molar-refractivity contribution is 1.10. The standard InChI is InChI=1S/C17H21P/c1-13(2)18(16-9-5-14(3)6-10-16)17-11-7-15(4)8-12-17/h5-13H,1-4H3. The van der Waals surface area contributed by atoms with E-state index < -0.39 is 0 Å². The zero-order valence-corrected chi connectivity index (χ0v) is 12.5. The van der Waals surface area contributed by atoms with Crippen molar-refractivity contribution in [1.82, 2.24) is 0 Å². The van der Waals surface area contributed by atoms with Crippen LogP contribution in [0.5, 0.6) is 0 Å². The van der Waals surface area contributed by atoms with Crippen molar-refractivity contribution in [3.8, 4) is 0 Å². The summed E-state index contributed by atoms with van der Waals surface area (Å²) in [7, 11) is -0.235. The second kappa shape index (κ2) is 5.67. The predicted molar refractivity (Wildman–Crippen MR) is 83.7 cm³/mol. The van der Waals surface area contributed by atoms with Crippen LogP contribution in [-0.4, -0.2) is 5.66 Å². The van der Waals surface area contributed by atoms with Gasteiger partial charge in [0.25, 0.3) is 0 Å². The summed E-state index contributed by atoms with van der Waals surface area (Å²) in [4.78, 5) is 0. The molecule has 0 aliphatic rings. The van der Waals surface area contributed by atoms with Gasteiger partial charge in [-0.05, 0) is 38.0 Å². The zero-order valence-electron chi connectivity index (χ0n) is 11.6. The van der Waals surface area contributed by atoms with Gasteiger partial charge in [0, 0.05) is 0 Å². The minimum absolute atomic E-state index is 0.235. The molecule has 1 heteroatoms. The molecule has 94 valence electrons. The molecule has 2 aromatic carbocycles. The molecule has 0 fully saturated rings. The van der Waals surface area contributed by atoms with Crippen molar-refractivity contribution in [2.24, 2.45) is 0 Å². The van der Waals surface area contributed by atoms with Crippen LogP contribution in [0.25, 0.3) is 0 Å². The SMILES string of the molecule is Cc1ccc(P(c2ccc(C)cc2)C(C)C)cc1. The Hall–Kier alpha value is -1.13. The molecule has 0 amide bonds. The molecular formula is C17H21P. The van der Waals surface area contributed by atoms with Crippen LogP contribution in [0.2, 0.25) is 0 Å². The number of hydrogen-bond donors (Lipinski definition) is 0. The first-order chi connectivity index (χ1) is 8.58. The monoisotopic (exact) mass is 256 g/mol. The van der Waals surface area contributed by atoms with Gasteiger partial charge in [-0.2, -0.15) is 0 Å². The second-order valence-electron chi connectivity index (χ2n) is 5.13. The molecule has 0 unspecified atom stereocenters. The predicted octanol–water partition coefficient (Wildman–Crippen LogP) is 4.14. The Bertz CT molecular complexity index is 449. The van der Waals surface area contributed by atoms with E-state index in [1.54, 1.807) is 0 Å². The van der Waals surface area contributed by atoms with Gasteiger partial charge in [-0.3, -0.25) is 0 Å². The normalized spacial score (nSPS) is 11.2. The summed E-state index contributed by atoms with van der Waals surface area (Å²) < 4.78 is 0. The highest BCUT2D eigenvalue weighted by atomic mass is 31.1. The van der Waals surface area contributed by atoms with E-state index in [1.807, 2.05) is 0 Å². The largest absolute Gasteiger partial charge is 0.0587 e. The van der Waals surface area contributed by atoms with Gasteiger partial charge < -0.3 is 0 Å². The molecule has 0 N–H and O–H groups in total. The Morgan fingerprint density at radius 3 is 1.28 bits per heavy atom. The summed E-state index contributed by atoms with van der Waals surface area (Å²) in [5.74, 6) is 0. The Morgan fingerprint density at radius 2 is 1.00 bits per heavy atom. The molecule has 0 bridgehead atoms. The Kier molecular flexibility index (Phi) is 4.19. The third-order valence-corrected chi connectivity index (χ3v) is 5.88. The first-order valence-corrected chi connectivity index (χ1v) is 7.91. The van der Waals surface area contributed by atoms with Crippen LogP contribution >= 0.6 is 7.92 Å². The van der Waals surface area contributed by atoms with Gasteiger partial charge in [0.1, 0.15) is 0 Å². The van der Waals surface area contributed by atoms with E-state index in [-0.39, 0.29) is 7.92 Å². The van der Waals surface area contributed by atoms with Crippen molar-refractivity contribution in [1.29, 1.82) is 0 Å². The van der Waals surface area contributed by atoms with Crippen LogP contribution < -0.4 is 10.6 Å². The van der Waals surface area contributed by atoms with E-state index >= 15 is 0 Å². The summed E-state index contributed by atoms with van der Waals surface area (Å²) in [6.07, 6.45) is 0. The van der Waals surface area contributed by atoms with Gasteiger partial charge in [-0.15, -0.1) is 0 Å². The molecule has 18 heavy (non-hydrogen) atoms. The van der Waals surface area contributed by atoms with Crippen molar-refractivity contribution in [3.63, 3.8) is 0 Å². The summed E-state index contributed by atoms with van der Waals surface area (Å²) in [5.41, 5.74) is 3.34. The zero-order chi connectivity index (χ0) is 13.1. The summed E-state index contributed by atoms with van der Waals surface area (Å²) in [6, 6.07) is 18.1. The topological polar surface area (TPSA) is 0 Å². The Balaban J connectivity index is 2.39. The van der Waals surface area contributed by atoms with Crippen molar-refractivity contribution >= 4 is 18.5 Å². The molecule has 0 aliphatic carbocycles. The second-order valence-corrected chi connectivity index (χ2v) is 7.94. The molecule has 0 saturated heterocycles. The first kappa shape index (κ1) is 13.3. The van der Waals surface area contributed by atoms with Gasteiger partial charge in [0.05, 0.1) is 0 Å². The maximum Gasteiger partial charge on any atom is -0.0186 e. The highest BCUT2D eigenvalue weighted by molar-refractivity contribution is 7.73. The molecule has 0 aromatic heterocycles. The molecule has 0 radical (unpaired) electrons. The summed E-state index contributed by atoms with van der Waals surface area (Å²) in [6.45, 7) is 8.94. The third-order valence-electron chi connectivity index (χ3n) is 3.14. The number of hydrogen-bond acceptors (Lipinski definition) is 0. The van der Waals surface area contributed by atoms with Crippen molar-refractivity contribution in [2.45, 2.75) is 33.4 Å². The highest BCUT2D eigenvalue weighted by Gasteiger charge is 2.17. The fourth-order valence-electron chi connectivity index (χ4n) is 2.16. The van der Waals surface area contributed by atoms with Gasteiger partial charge >= 0.3 is 0 Å². The van der Waals surface area contributed by atoms with Crippen molar-refractivity contribution in [2.75, 3.05) is 0 Å². The van der Waals surface area contributed by atoms with Gasteiger partial charge in [-0.1, -0.05) is 73.5 Å². The van der Waals surface area contributed by atoms with Crippen LogP contribution in [0.3, 0.4) is 0 Å². The summed E-state index contributed by atoms with van der Waals surface area (Å²) in [5, 5.41) is 2.96. The van der Waals surface area contributed by atoms with Crippen molar-refractivity contribution in [3.05, 3.63) is 59.7 Å². The Labute approximate surface area is 112 Å². The Morgan fingerprint density at radius 1 is 0.667 bits per heavy atom. The quantitative estimate of drug-likeness (QED) is 0.724. The fourth-order valence-corrected chi connectivity index (χ4v) is 4.59. The molecule has 0 heterocycles.